The molecule has 0 spiro atoms. The number of hydrogen-bond acceptors (Lipinski definition) is 4. The van der Waals surface area contributed by atoms with Gasteiger partial charge in [0.15, 0.2) is 5.16 Å². The van der Waals surface area contributed by atoms with Crippen LogP contribution >= 0.6 is 23.4 Å². The lowest BCUT2D eigenvalue weighted by Gasteiger charge is -2.13. The number of para-hydroxylation sites is 1. The highest BCUT2D eigenvalue weighted by atomic mass is 35.5. The van der Waals surface area contributed by atoms with Crippen molar-refractivity contribution in [3.05, 3.63) is 63.9 Å². The van der Waals surface area contributed by atoms with Crippen molar-refractivity contribution in [2.45, 2.75) is 57.0 Å². The maximum atomic E-state index is 13.2. The molecule has 1 amide bonds. The molecule has 0 aliphatic rings. The minimum atomic E-state index is -0.0946. The van der Waals surface area contributed by atoms with Crippen LogP contribution in [-0.2, 0) is 4.79 Å². The minimum absolute atomic E-state index is 0.0946. The molecule has 1 N–H and O–H groups in total. The molecule has 0 saturated carbocycles. The fourth-order valence-corrected chi connectivity index (χ4v) is 4.58. The summed E-state index contributed by atoms with van der Waals surface area (Å²) >= 11 is 7.57. The Kier molecular flexibility index (Phi) is 9.62. The molecule has 170 valence electrons. The van der Waals surface area contributed by atoms with Crippen LogP contribution in [0.1, 0.15) is 51.9 Å². The zero-order chi connectivity index (χ0) is 22.8. The monoisotopic (exact) mass is 471 g/mol. The van der Waals surface area contributed by atoms with Crippen LogP contribution in [0.2, 0.25) is 5.02 Å². The predicted octanol–water partition coefficient (Wildman–Crippen LogP) is 6.00. The number of benzene rings is 2. The Morgan fingerprint density at radius 2 is 1.81 bits per heavy atom. The molecule has 0 saturated heterocycles. The number of carbonyl (C=O) groups excluding carboxylic acids is 1. The highest BCUT2D eigenvalue weighted by Crippen LogP contribution is 2.23. The van der Waals surface area contributed by atoms with E-state index in [0.717, 1.165) is 37.2 Å². The average molecular weight is 472 g/mol. The van der Waals surface area contributed by atoms with Crippen molar-refractivity contribution in [3.63, 3.8) is 0 Å². The Hall–Kier alpha value is -2.31. The summed E-state index contributed by atoms with van der Waals surface area (Å²) in [5.74, 6) is 0.899. The van der Waals surface area contributed by atoms with E-state index >= 15 is 0 Å². The molecule has 1 aromatic heterocycles. The molecule has 1 heterocycles. The normalized spacial score (nSPS) is 11.1. The molecule has 5 nitrogen and oxygen atoms in total. The van der Waals surface area contributed by atoms with Gasteiger partial charge >= 0.3 is 0 Å². The smallest absolute Gasteiger partial charge is 0.266 e. The van der Waals surface area contributed by atoms with Crippen LogP contribution in [0.3, 0.4) is 0 Å². The van der Waals surface area contributed by atoms with E-state index in [2.05, 4.69) is 12.2 Å². The van der Waals surface area contributed by atoms with Gasteiger partial charge in [0, 0.05) is 23.7 Å². The summed E-state index contributed by atoms with van der Waals surface area (Å²) in [5.41, 5.74) is 1.33. The number of fused-ring (bicyclic) bond motifs is 1. The highest BCUT2D eigenvalue weighted by molar-refractivity contribution is 7.99. The number of amides is 1. The Morgan fingerprint density at radius 1 is 1.03 bits per heavy atom. The van der Waals surface area contributed by atoms with Gasteiger partial charge in [0.1, 0.15) is 0 Å². The van der Waals surface area contributed by atoms with Crippen molar-refractivity contribution in [1.29, 1.82) is 0 Å². The summed E-state index contributed by atoms with van der Waals surface area (Å²) < 4.78 is 1.65. The molecule has 0 fully saturated rings. The highest BCUT2D eigenvalue weighted by Gasteiger charge is 2.13. The topological polar surface area (TPSA) is 64.0 Å². The van der Waals surface area contributed by atoms with E-state index in [1.807, 2.05) is 30.3 Å². The van der Waals surface area contributed by atoms with E-state index in [1.54, 1.807) is 34.5 Å². The van der Waals surface area contributed by atoms with E-state index < -0.39 is 0 Å². The first-order valence-electron chi connectivity index (χ1n) is 11.3. The van der Waals surface area contributed by atoms with Gasteiger partial charge in [-0.3, -0.25) is 14.2 Å². The molecular formula is C25H30ClN3O2S. The molecule has 0 atom stereocenters. The third kappa shape index (κ3) is 6.84. The van der Waals surface area contributed by atoms with Crippen LogP contribution in [0.5, 0.6) is 0 Å². The van der Waals surface area contributed by atoms with Crippen LogP contribution in [0.25, 0.3) is 16.6 Å². The number of halogens is 1. The van der Waals surface area contributed by atoms with Crippen molar-refractivity contribution in [1.82, 2.24) is 14.9 Å². The number of thioether (sulfide) groups is 1. The second-order valence-electron chi connectivity index (χ2n) is 7.74. The summed E-state index contributed by atoms with van der Waals surface area (Å²) in [4.78, 5) is 29.9. The van der Waals surface area contributed by atoms with Gasteiger partial charge in [-0.25, -0.2) is 4.98 Å². The van der Waals surface area contributed by atoms with E-state index in [4.69, 9.17) is 16.6 Å². The molecule has 0 aliphatic carbocycles. The number of unbranched alkanes of at least 4 members (excludes halogenated alkanes) is 4. The molecule has 0 aliphatic heterocycles. The lowest BCUT2D eigenvalue weighted by molar-refractivity contribution is -0.121. The van der Waals surface area contributed by atoms with Gasteiger partial charge in [0.2, 0.25) is 5.91 Å². The Balaban J connectivity index is 1.61. The summed E-state index contributed by atoms with van der Waals surface area (Å²) in [6.07, 6.45) is 6.85. The third-order valence-corrected chi connectivity index (χ3v) is 6.49. The van der Waals surface area contributed by atoms with E-state index in [1.165, 1.54) is 19.3 Å². The Bertz CT molecular complexity index is 1080. The summed E-state index contributed by atoms with van der Waals surface area (Å²) in [6, 6.07) is 14.6. The zero-order valence-electron chi connectivity index (χ0n) is 18.5. The van der Waals surface area contributed by atoms with Gasteiger partial charge < -0.3 is 5.32 Å². The first-order chi connectivity index (χ1) is 15.6. The van der Waals surface area contributed by atoms with Crippen molar-refractivity contribution >= 4 is 40.2 Å². The SMILES string of the molecule is CCCCCCNC(=O)CCCCSc1nc2ccccc2c(=O)n1-c1ccc(Cl)cc1. The van der Waals surface area contributed by atoms with Crippen molar-refractivity contribution in [2.24, 2.45) is 0 Å². The van der Waals surface area contributed by atoms with Gasteiger partial charge in [-0.1, -0.05) is 61.7 Å². The first kappa shape index (κ1) is 24.3. The second kappa shape index (κ2) is 12.7. The second-order valence-corrected chi connectivity index (χ2v) is 9.24. The van der Waals surface area contributed by atoms with Gasteiger partial charge in [0.05, 0.1) is 16.6 Å². The quantitative estimate of drug-likeness (QED) is 0.200. The molecular weight excluding hydrogens is 442 g/mol. The number of nitrogens with zero attached hydrogens (tertiary/aromatic N) is 2. The van der Waals surface area contributed by atoms with E-state index in [-0.39, 0.29) is 11.5 Å². The fourth-order valence-electron chi connectivity index (χ4n) is 3.45. The van der Waals surface area contributed by atoms with Crippen molar-refractivity contribution in [3.8, 4) is 5.69 Å². The van der Waals surface area contributed by atoms with Crippen molar-refractivity contribution in [2.75, 3.05) is 12.3 Å². The van der Waals surface area contributed by atoms with E-state index in [0.29, 0.717) is 27.5 Å². The van der Waals surface area contributed by atoms with Crippen LogP contribution in [-0.4, -0.2) is 27.8 Å². The fraction of sp³-hybridized carbons (Fsp3) is 0.400. The van der Waals surface area contributed by atoms with E-state index in [9.17, 15) is 9.59 Å². The molecule has 3 aromatic rings. The van der Waals surface area contributed by atoms with Crippen molar-refractivity contribution < 1.29 is 4.79 Å². The molecule has 3 rings (SSSR count). The molecule has 2 aromatic carbocycles. The molecule has 0 unspecified atom stereocenters. The number of rotatable bonds is 12. The number of nitrogens with one attached hydrogen (secondary N) is 1. The minimum Gasteiger partial charge on any atom is -0.356 e. The molecule has 32 heavy (non-hydrogen) atoms. The van der Waals surface area contributed by atoms with Crippen LogP contribution in [0.4, 0.5) is 0 Å². The largest absolute Gasteiger partial charge is 0.356 e. The summed E-state index contributed by atoms with van der Waals surface area (Å²) in [5, 5.41) is 4.85. The van der Waals surface area contributed by atoms with Crippen LogP contribution < -0.4 is 10.9 Å². The molecule has 0 bridgehead atoms. The van der Waals surface area contributed by atoms with Gasteiger partial charge in [-0.2, -0.15) is 0 Å². The Labute approximate surface area is 198 Å². The Morgan fingerprint density at radius 3 is 2.59 bits per heavy atom. The predicted molar refractivity (Wildman–Crippen MR) is 134 cm³/mol. The third-order valence-electron chi connectivity index (χ3n) is 5.21. The summed E-state index contributed by atoms with van der Waals surface area (Å²) in [6.45, 7) is 2.95. The molecule has 7 heteroatoms. The van der Waals surface area contributed by atoms with Crippen LogP contribution in [0.15, 0.2) is 58.5 Å². The maximum absolute atomic E-state index is 13.2. The average Bonchev–Trinajstić information content (AvgIpc) is 2.80. The zero-order valence-corrected chi connectivity index (χ0v) is 20.1. The number of aromatic nitrogens is 2. The van der Waals surface area contributed by atoms with Crippen LogP contribution in [0, 0.1) is 0 Å². The van der Waals surface area contributed by atoms with Gasteiger partial charge in [-0.15, -0.1) is 0 Å². The molecule has 0 radical (unpaired) electrons. The standard InChI is InChI=1S/C25H30ClN3O2S/c1-2-3-4-8-17-27-23(30)12-7-9-18-32-25-28-22-11-6-5-10-21(22)24(31)29(25)20-15-13-19(26)14-16-20/h5-6,10-11,13-16H,2-4,7-9,12,17-18H2,1H3,(H,27,30). The lowest BCUT2D eigenvalue weighted by Crippen LogP contribution is -2.24. The van der Waals surface area contributed by atoms with Gasteiger partial charge in [-0.05, 0) is 55.7 Å². The lowest BCUT2D eigenvalue weighted by atomic mass is 10.2. The first-order valence-corrected chi connectivity index (χ1v) is 12.6. The number of hydrogen-bond donors (Lipinski definition) is 1. The maximum Gasteiger partial charge on any atom is 0.266 e. The number of carbonyl (C=O) groups is 1. The summed E-state index contributed by atoms with van der Waals surface area (Å²) in [7, 11) is 0. The van der Waals surface area contributed by atoms with Gasteiger partial charge in [0.25, 0.3) is 5.56 Å².